The van der Waals surface area contributed by atoms with Crippen LogP contribution in [0.4, 0.5) is 11.5 Å². The molecule has 3 rings (SSSR count). The van der Waals surface area contributed by atoms with E-state index < -0.39 is 29.2 Å². The van der Waals surface area contributed by atoms with Crippen LogP contribution in [0.2, 0.25) is 0 Å². The van der Waals surface area contributed by atoms with Gasteiger partial charge >= 0.3 is 11.7 Å². The predicted octanol–water partition coefficient (Wildman–Crippen LogP) is 2.60. The second-order valence-corrected chi connectivity index (χ2v) is 8.41. The Hall–Kier alpha value is -3.36. The van der Waals surface area contributed by atoms with Crippen molar-refractivity contribution in [2.45, 2.75) is 59.1 Å². The highest BCUT2D eigenvalue weighted by molar-refractivity contribution is 5.98. The first kappa shape index (κ1) is 23.3. The maximum atomic E-state index is 13.4. The van der Waals surface area contributed by atoms with E-state index in [-0.39, 0.29) is 30.4 Å². The summed E-state index contributed by atoms with van der Waals surface area (Å²) in [4.78, 5) is 54.2. The number of nitrogens with two attached hydrogens (primary N) is 1. The highest BCUT2D eigenvalue weighted by Crippen LogP contribution is 2.34. The van der Waals surface area contributed by atoms with Gasteiger partial charge in [-0.3, -0.25) is 19.1 Å². The second-order valence-electron chi connectivity index (χ2n) is 8.41. The third-order valence-corrected chi connectivity index (χ3v) is 5.59. The van der Waals surface area contributed by atoms with Gasteiger partial charge in [-0.05, 0) is 24.8 Å². The Balaban J connectivity index is 1.97. The zero-order valence-corrected chi connectivity index (χ0v) is 18.7. The van der Waals surface area contributed by atoms with Crippen molar-refractivity contribution >= 4 is 23.4 Å². The lowest BCUT2D eigenvalue weighted by atomic mass is 10.0. The third kappa shape index (κ3) is 4.76. The summed E-state index contributed by atoms with van der Waals surface area (Å²) in [5, 5.41) is 0. The molecule has 1 amide bonds. The molecule has 0 saturated heterocycles. The number of esters is 1. The van der Waals surface area contributed by atoms with Crippen LogP contribution in [0.1, 0.15) is 68.5 Å². The average molecular weight is 443 g/mol. The largest absolute Gasteiger partial charge is 0.453 e. The number of aromatic nitrogens is 2. The maximum absolute atomic E-state index is 13.4. The number of amides is 1. The first-order valence-electron chi connectivity index (χ1n) is 11.0. The monoisotopic (exact) mass is 442 g/mol. The van der Waals surface area contributed by atoms with Crippen LogP contribution in [0.25, 0.3) is 0 Å². The van der Waals surface area contributed by atoms with Gasteiger partial charge in [0.25, 0.3) is 5.56 Å². The van der Waals surface area contributed by atoms with E-state index in [0.717, 1.165) is 6.42 Å². The van der Waals surface area contributed by atoms with Crippen molar-refractivity contribution in [1.82, 2.24) is 9.55 Å². The lowest BCUT2D eigenvalue weighted by molar-refractivity contribution is -0.120. The lowest BCUT2D eigenvalue weighted by Gasteiger charge is -2.26. The number of ether oxygens (including phenoxy) is 1. The van der Waals surface area contributed by atoms with E-state index in [0.29, 0.717) is 30.5 Å². The second kappa shape index (κ2) is 9.84. The fourth-order valence-electron chi connectivity index (χ4n) is 3.77. The number of benzene rings is 1. The summed E-state index contributed by atoms with van der Waals surface area (Å²) < 4.78 is 6.70. The molecule has 0 radical (unpaired) electrons. The van der Waals surface area contributed by atoms with Crippen LogP contribution < -0.4 is 21.9 Å². The first-order valence-corrected chi connectivity index (χ1v) is 11.0. The van der Waals surface area contributed by atoms with Gasteiger partial charge < -0.3 is 15.4 Å². The number of nitrogen functional groups attached to an aromatic ring is 1. The van der Waals surface area contributed by atoms with Crippen molar-refractivity contribution in [3.63, 3.8) is 0 Å². The minimum Gasteiger partial charge on any atom is -0.453 e. The SMILES string of the molecule is CCCCn1c(N)c(N(CCC(C)C)C(=O)C[C@@H]2OC(=O)c3ccccc32)c(=O)[nH]c1=O. The van der Waals surface area contributed by atoms with E-state index in [4.69, 9.17) is 10.5 Å². The number of rotatable bonds is 9. The van der Waals surface area contributed by atoms with Crippen molar-refractivity contribution in [1.29, 1.82) is 0 Å². The Labute approximate surface area is 186 Å². The van der Waals surface area contributed by atoms with Gasteiger partial charge in [-0.1, -0.05) is 45.4 Å². The maximum Gasteiger partial charge on any atom is 0.339 e. The summed E-state index contributed by atoms with van der Waals surface area (Å²) in [5.74, 6) is -0.648. The number of carbonyl (C=O) groups is 2. The molecule has 0 saturated carbocycles. The van der Waals surface area contributed by atoms with Crippen molar-refractivity contribution in [3.05, 3.63) is 56.2 Å². The molecule has 1 aromatic carbocycles. The Bertz CT molecular complexity index is 1120. The molecule has 9 heteroatoms. The molecule has 0 bridgehead atoms. The smallest absolute Gasteiger partial charge is 0.339 e. The van der Waals surface area contributed by atoms with E-state index in [1.807, 2.05) is 20.8 Å². The number of cyclic esters (lactones) is 1. The molecule has 0 spiro atoms. The summed E-state index contributed by atoms with van der Waals surface area (Å²) in [6.07, 6.45) is 1.29. The topological polar surface area (TPSA) is 127 Å². The third-order valence-electron chi connectivity index (χ3n) is 5.59. The number of anilines is 2. The van der Waals surface area contributed by atoms with Crippen LogP contribution in [-0.2, 0) is 16.1 Å². The molecular formula is C23H30N4O5. The van der Waals surface area contributed by atoms with Gasteiger partial charge in [0.1, 0.15) is 11.9 Å². The molecule has 0 aliphatic carbocycles. The Morgan fingerprint density at radius 1 is 1.25 bits per heavy atom. The van der Waals surface area contributed by atoms with E-state index in [9.17, 15) is 19.2 Å². The molecular weight excluding hydrogens is 412 g/mol. The molecule has 1 atom stereocenters. The molecule has 0 fully saturated rings. The number of unbranched alkanes of at least 4 members (excludes halogenated alkanes) is 1. The number of hydrogen-bond acceptors (Lipinski definition) is 6. The first-order chi connectivity index (χ1) is 15.2. The molecule has 9 nitrogen and oxygen atoms in total. The van der Waals surface area contributed by atoms with Gasteiger partial charge in [-0.2, -0.15) is 0 Å². The summed E-state index contributed by atoms with van der Waals surface area (Å²) >= 11 is 0. The molecule has 0 unspecified atom stereocenters. The number of aromatic amines is 1. The molecule has 1 aromatic heterocycles. The zero-order chi connectivity index (χ0) is 23.4. The average Bonchev–Trinajstić information content (AvgIpc) is 3.05. The van der Waals surface area contributed by atoms with Crippen LogP contribution in [0, 0.1) is 5.92 Å². The number of fused-ring (bicyclic) bond motifs is 1. The molecule has 2 heterocycles. The quantitative estimate of drug-likeness (QED) is 0.575. The van der Waals surface area contributed by atoms with Crippen LogP contribution in [-0.4, -0.2) is 28.0 Å². The molecule has 172 valence electrons. The highest BCUT2D eigenvalue weighted by Gasteiger charge is 2.34. The van der Waals surface area contributed by atoms with E-state index in [1.54, 1.807) is 24.3 Å². The zero-order valence-electron chi connectivity index (χ0n) is 18.7. The van der Waals surface area contributed by atoms with Crippen LogP contribution in [0.5, 0.6) is 0 Å². The van der Waals surface area contributed by atoms with Crippen LogP contribution in [0.3, 0.4) is 0 Å². The van der Waals surface area contributed by atoms with Crippen molar-refractivity contribution < 1.29 is 14.3 Å². The van der Waals surface area contributed by atoms with Gasteiger partial charge in [-0.15, -0.1) is 0 Å². The Morgan fingerprint density at radius 2 is 1.97 bits per heavy atom. The molecule has 1 aliphatic rings. The van der Waals surface area contributed by atoms with E-state index >= 15 is 0 Å². The minimum atomic E-state index is -0.737. The Morgan fingerprint density at radius 3 is 2.66 bits per heavy atom. The van der Waals surface area contributed by atoms with Crippen LogP contribution in [0.15, 0.2) is 33.9 Å². The van der Waals surface area contributed by atoms with Gasteiger partial charge in [0.15, 0.2) is 5.69 Å². The van der Waals surface area contributed by atoms with Gasteiger partial charge in [0.2, 0.25) is 5.91 Å². The molecule has 2 aromatic rings. The van der Waals surface area contributed by atoms with Gasteiger partial charge in [0.05, 0.1) is 12.0 Å². The number of nitrogens with one attached hydrogen (secondary N) is 1. The standard InChI is InChI=1S/C23H30N4O5/c1-4-5-11-27-20(24)19(21(29)25-23(27)31)26(12-10-14(2)3)18(28)13-17-15-8-6-7-9-16(15)22(30)32-17/h6-9,14,17H,4-5,10-13,24H2,1-3H3,(H,25,29,31)/t17-/m0/s1. The van der Waals surface area contributed by atoms with Crippen LogP contribution >= 0.6 is 0 Å². The van der Waals surface area contributed by atoms with Gasteiger partial charge in [-0.25, -0.2) is 9.59 Å². The predicted molar refractivity (Wildman–Crippen MR) is 122 cm³/mol. The number of hydrogen-bond donors (Lipinski definition) is 2. The summed E-state index contributed by atoms with van der Waals surface area (Å²) in [5.41, 5.74) is 5.98. The molecule has 3 N–H and O–H groups in total. The van der Waals surface area contributed by atoms with Gasteiger partial charge in [0, 0.05) is 18.7 Å². The number of H-pyrrole nitrogens is 1. The molecule has 1 aliphatic heterocycles. The normalized spacial score (nSPS) is 15.0. The Kier molecular flexibility index (Phi) is 7.17. The summed E-state index contributed by atoms with van der Waals surface area (Å²) in [6.45, 7) is 6.58. The molecule has 32 heavy (non-hydrogen) atoms. The van der Waals surface area contributed by atoms with Crippen molar-refractivity contribution in [2.75, 3.05) is 17.2 Å². The fourth-order valence-corrected chi connectivity index (χ4v) is 3.77. The summed E-state index contributed by atoms with van der Waals surface area (Å²) in [7, 11) is 0. The highest BCUT2D eigenvalue weighted by atomic mass is 16.5. The fraction of sp³-hybridized carbons (Fsp3) is 0.478. The number of carbonyl (C=O) groups excluding carboxylic acids is 2. The summed E-state index contributed by atoms with van der Waals surface area (Å²) in [6, 6.07) is 6.92. The van der Waals surface area contributed by atoms with Crippen molar-refractivity contribution in [2.24, 2.45) is 5.92 Å². The lowest BCUT2D eigenvalue weighted by Crippen LogP contribution is -2.42. The van der Waals surface area contributed by atoms with Crippen molar-refractivity contribution in [3.8, 4) is 0 Å². The van der Waals surface area contributed by atoms with E-state index in [2.05, 4.69) is 4.98 Å². The number of nitrogens with zero attached hydrogens (tertiary/aromatic N) is 2. The van der Waals surface area contributed by atoms with E-state index in [1.165, 1.54) is 9.47 Å². The minimum absolute atomic E-state index is 0.0341.